The quantitative estimate of drug-likeness (QED) is 0.627. The second-order valence-corrected chi connectivity index (χ2v) is 5.37. The van der Waals surface area contributed by atoms with Crippen molar-refractivity contribution in [2.45, 2.75) is 58.5 Å². The van der Waals surface area contributed by atoms with Gasteiger partial charge in [-0.3, -0.25) is 4.79 Å². The second-order valence-electron chi connectivity index (χ2n) is 5.37. The van der Waals surface area contributed by atoms with Gasteiger partial charge in [0.2, 0.25) is 0 Å². The van der Waals surface area contributed by atoms with Crippen molar-refractivity contribution in [1.82, 2.24) is 10.2 Å². The molecule has 1 saturated carbocycles. The Kier molecular flexibility index (Phi) is 6.65. The number of likely N-dealkylation sites (N-methyl/N-ethyl adjacent to an activating group) is 1. The Morgan fingerprint density at radius 2 is 1.89 bits per heavy atom. The van der Waals surface area contributed by atoms with Gasteiger partial charge in [-0.2, -0.15) is 0 Å². The van der Waals surface area contributed by atoms with Crippen LogP contribution >= 0.6 is 0 Å². The van der Waals surface area contributed by atoms with Crippen molar-refractivity contribution >= 4 is 5.97 Å². The first-order valence-corrected chi connectivity index (χ1v) is 7.31. The fourth-order valence-electron chi connectivity index (χ4n) is 2.24. The van der Waals surface area contributed by atoms with E-state index in [-0.39, 0.29) is 0 Å². The Morgan fingerprint density at radius 3 is 2.28 bits per heavy atom. The molecule has 0 radical (unpaired) electrons. The summed E-state index contributed by atoms with van der Waals surface area (Å²) in [4.78, 5) is 13.5. The van der Waals surface area contributed by atoms with Crippen molar-refractivity contribution in [3.63, 3.8) is 0 Å². The molecule has 1 aliphatic carbocycles. The number of nitrogens with one attached hydrogen (secondary N) is 1. The number of nitrogens with zero attached hydrogens (tertiary/aromatic N) is 1. The van der Waals surface area contributed by atoms with E-state index in [2.05, 4.69) is 31.0 Å². The van der Waals surface area contributed by atoms with Gasteiger partial charge >= 0.3 is 5.97 Å². The van der Waals surface area contributed by atoms with Gasteiger partial charge in [0.25, 0.3) is 0 Å². The average molecular weight is 256 g/mol. The van der Waals surface area contributed by atoms with E-state index in [0.29, 0.717) is 18.5 Å². The summed E-state index contributed by atoms with van der Waals surface area (Å²) >= 11 is 0. The van der Waals surface area contributed by atoms with E-state index in [1.54, 1.807) is 0 Å². The van der Waals surface area contributed by atoms with Crippen LogP contribution in [0.1, 0.15) is 46.5 Å². The van der Waals surface area contributed by atoms with E-state index in [1.165, 1.54) is 12.8 Å². The van der Waals surface area contributed by atoms with Crippen molar-refractivity contribution in [2.24, 2.45) is 5.92 Å². The molecule has 0 saturated heterocycles. The SMILES string of the molecule is CCC(CC)CN(CC)CC(NC1CC1)C(=O)O. The summed E-state index contributed by atoms with van der Waals surface area (Å²) in [5.41, 5.74) is 0. The lowest BCUT2D eigenvalue weighted by molar-refractivity contribution is -0.140. The van der Waals surface area contributed by atoms with Gasteiger partial charge in [0.15, 0.2) is 0 Å². The summed E-state index contributed by atoms with van der Waals surface area (Å²) in [6, 6.07) is 0.0322. The summed E-state index contributed by atoms with van der Waals surface area (Å²) in [6.07, 6.45) is 4.59. The van der Waals surface area contributed by atoms with Gasteiger partial charge in [-0.25, -0.2) is 0 Å². The maximum atomic E-state index is 11.2. The molecule has 2 N–H and O–H groups in total. The highest BCUT2D eigenvalue weighted by Gasteiger charge is 2.29. The third-order valence-corrected chi connectivity index (χ3v) is 3.87. The van der Waals surface area contributed by atoms with Crippen LogP contribution in [0.3, 0.4) is 0 Å². The third kappa shape index (κ3) is 5.36. The van der Waals surface area contributed by atoms with Crippen molar-refractivity contribution < 1.29 is 9.90 Å². The highest BCUT2D eigenvalue weighted by Crippen LogP contribution is 2.20. The van der Waals surface area contributed by atoms with Crippen molar-refractivity contribution in [2.75, 3.05) is 19.6 Å². The van der Waals surface area contributed by atoms with Gasteiger partial charge in [-0.05, 0) is 25.3 Å². The number of carboxylic acids is 1. The maximum absolute atomic E-state index is 11.2. The van der Waals surface area contributed by atoms with Crippen LogP contribution in [0.2, 0.25) is 0 Å². The van der Waals surface area contributed by atoms with Crippen molar-refractivity contribution in [3.8, 4) is 0 Å². The van der Waals surface area contributed by atoms with E-state index >= 15 is 0 Å². The molecule has 0 bridgehead atoms. The predicted octanol–water partition coefficient (Wildman–Crippen LogP) is 1.95. The smallest absolute Gasteiger partial charge is 0.322 e. The Bertz CT molecular complexity index is 250. The summed E-state index contributed by atoms with van der Waals surface area (Å²) < 4.78 is 0. The van der Waals surface area contributed by atoms with Crippen LogP contribution in [0.5, 0.6) is 0 Å². The van der Waals surface area contributed by atoms with E-state index in [0.717, 1.165) is 25.9 Å². The summed E-state index contributed by atoms with van der Waals surface area (Å²) in [7, 11) is 0. The van der Waals surface area contributed by atoms with Crippen LogP contribution in [0.15, 0.2) is 0 Å². The topological polar surface area (TPSA) is 52.6 Å². The third-order valence-electron chi connectivity index (χ3n) is 3.87. The normalized spacial score (nSPS) is 17.4. The molecule has 0 heterocycles. The zero-order valence-corrected chi connectivity index (χ0v) is 12.0. The monoisotopic (exact) mass is 256 g/mol. The van der Waals surface area contributed by atoms with E-state index in [4.69, 9.17) is 0 Å². The highest BCUT2D eigenvalue weighted by molar-refractivity contribution is 5.73. The summed E-state index contributed by atoms with van der Waals surface area (Å²) in [5, 5.41) is 12.5. The molecular formula is C14H28N2O2. The van der Waals surface area contributed by atoms with Gasteiger partial charge in [0, 0.05) is 19.1 Å². The van der Waals surface area contributed by atoms with Crippen LogP contribution < -0.4 is 5.32 Å². The Hall–Kier alpha value is -0.610. The first-order valence-electron chi connectivity index (χ1n) is 7.31. The first kappa shape index (κ1) is 15.4. The van der Waals surface area contributed by atoms with Crippen LogP contribution in [-0.2, 0) is 4.79 Å². The Morgan fingerprint density at radius 1 is 1.28 bits per heavy atom. The molecule has 1 unspecified atom stereocenters. The fraction of sp³-hybridized carbons (Fsp3) is 0.929. The highest BCUT2D eigenvalue weighted by atomic mass is 16.4. The number of hydrogen-bond donors (Lipinski definition) is 2. The zero-order valence-electron chi connectivity index (χ0n) is 12.0. The molecule has 0 spiro atoms. The molecule has 1 fully saturated rings. The summed E-state index contributed by atoms with van der Waals surface area (Å²) in [6.45, 7) is 9.09. The molecule has 4 nitrogen and oxygen atoms in total. The van der Waals surface area contributed by atoms with Gasteiger partial charge in [-0.1, -0.05) is 33.6 Å². The van der Waals surface area contributed by atoms with Crippen LogP contribution in [0.25, 0.3) is 0 Å². The Labute approximate surface area is 111 Å². The van der Waals surface area contributed by atoms with E-state index < -0.39 is 12.0 Å². The fourth-order valence-corrected chi connectivity index (χ4v) is 2.24. The zero-order chi connectivity index (χ0) is 13.5. The molecule has 0 aliphatic heterocycles. The minimum atomic E-state index is -0.718. The van der Waals surface area contributed by atoms with Crippen LogP contribution in [0.4, 0.5) is 0 Å². The molecule has 0 aromatic rings. The van der Waals surface area contributed by atoms with E-state index in [9.17, 15) is 9.90 Å². The first-order chi connectivity index (χ1) is 8.60. The molecule has 18 heavy (non-hydrogen) atoms. The van der Waals surface area contributed by atoms with Gasteiger partial charge in [0.05, 0.1) is 0 Å². The molecular weight excluding hydrogens is 228 g/mol. The van der Waals surface area contributed by atoms with Gasteiger partial charge < -0.3 is 15.3 Å². The van der Waals surface area contributed by atoms with Crippen molar-refractivity contribution in [3.05, 3.63) is 0 Å². The molecule has 106 valence electrons. The number of carbonyl (C=O) groups is 1. The lowest BCUT2D eigenvalue weighted by Gasteiger charge is -2.28. The number of rotatable bonds is 10. The molecule has 0 aromatic carbocycles. The average Bonchev–Trinajstić information content (AvgIpc) is 3.16. The lowest BCUT2D eigenvalue weighted by Crippen LogP contribution is -2.48. The minimum absolute atomic E-state index is 0.410. The minimum Gasteiger partial charge on any atom is -0.480 e. The van der Waals surface area contributed by atoms with Crippen LogP contribution in [0, 0.1) is 5.92 Å². The van der Waals surface area contributed by atoms with Gasteiger partial charge in [0.1, 0.15) is 6.04 Å². The lowest BCUT2D eigenvalue weighted by atomic mass is 10.0. The number of aliphatic carboxylic acids is 1. The predicted molar refractivity (Wildman–Crippen MR) is 73.8 cm³/mol. The standard InChI is InChI=1S/C14H28N2O2/c1-4-11(5-2)9-16(6-3)10-13(14(17)18)15-12-7-8-12/h11-13,15H,4-10H2,1-3H3,(H,17,18). The summed E-state index contributed by atoms with van der Waals surface area (Å²) in [5.74, 6) is -0.0368. The largest absolute Gasteiger partial charge is 0.480 e. The Balaban J connectivity index is 2.44. The molecule has 1 rings (SSSR count). The second kappa shape index (κ2) is 7.74. The number of carboxylic acid groups (broad SMARTS) is 1. The van der Waals surface area contributed by atoms with Gasteiger partial charge in [-0.15, -0.1) is 0 Å². The molecule has 0 aromatic heterocycles. The number of hydrogen-bond acceptors (Lipinski definition) is 3. The van der Waals surface area contributed by atoms with Crippen molar-refractivity contribution in [1.29, 1.82) is 0 Å². The molecule has 1 atom stereocenters. The molecule has 4 heteroatoms. The molecule has 1 aliphatic rings. The maximum Gasteiger partial charge on any atom is 0.322 e. The van der Waals surface area contributed by atoms with Crippen LogP contribution in [-0.4, -0.2) is 47.7 Å². The molecule has 0 amide bonds. The van der Waals surface area contributed by atoms with E-state index in [1.807, 2.05) is 0 Å².